The summed E-state index contributed by atoms with van der Waals surface area (Å²) in [5, 5.41) is 13.8. The van der Waals surface area contributed by atoms with Crippen LogP contribution in [0.2, 0.25) is 10.0 Å². The quantitative estimate of drug-likeness (QED) is 0.492. The first-order valence-electron chi connectivity index (χ1n) is 6.90. The number of phenols is 1. The molecule has 0 radical (unpaired) electrons. The number of nitrogens with zero attached hydrogens (tertiary/aromatic N) is 1. The summed E-state index contributed by atoms with van der Waals surface area (Å²) in [5.41, 5.74) is 0.507. The lowest BCUT2D eigenvalue weighted by molar-refractivity contribution is 0.317. The lowest BCUT2D eigenvalue weighted by atomic mass is 10.2. The second-order valence-corrected chi connectivity index (χ2v) is 8.04. The predicted molar refractivity (Wildman–Crippen MR) is 101 cm³/mol. The van der Waals surface area contributed by atoms with Crippen molar-refractivity contribution in [2.75, 3.05) is 6.61 Å². The van der Waals surface area contributed by atoms with Gasteiger partial charge >= 0.3 is 0 Å². The molecule has 0 atom stereocenters. The monoisotopic (exact) mass is 466 g/mol. The highest BCUT2D eigenvalue weighted by atomic mass is 79.9. The fraction of sp³-hybridized carbons (Fsp3) is 0.133. The molecule has 0 bridgehead atoms. The summed E-state index contributed by atoms with van der Waals surface area (Å²) in [6, 6.07) is 7.17. The Morgan fingerprint density at radius 1 is 1.32 bits per heavy atom. The molecule has 0 saturated carbocycles. The minimum Gasteiger partial charge on any atom is -0.503 e. The van der Waals surface area contributed by atoms with Crippen molar-refractivity contribution in [3.8, 4) is 11.5 Å². The van der Waals surface area contributed by atoms with E-state index in [9.17, 15) is 13.5 Å². The van der Waals surface area contributed by atoms with Gasteiger partial charge in [-0.05, 0) is 58.7 Å². The Kier molecular flexibility index (Phi) is 6.56. The highest BCUT2D eigenvalue weighted by Crippen LogP contribution is 2.35. The molecule has 2 rings (SSSR count). The molecule has 0 fully saturated rings. The summed E-state index contributed by atoms with van der Waals surface area (Å²) in [6.45, 7) is 2.14. The van der Waals surface area contributed by atoms with E-state index in [0.717, 1.165) is 0 Å². The zero-order valence-electron chi connectivity index (χ0n) is 12.8. The van der Waals surface area contributed by atoms with Crippen LogP contribution in [0.3, 0.4) is 0 Å². The summed E-state index contributed by atoms with van der Waals surface area (Å²) in [5.74, 6) is 0.198. The van der Waals surface area contributed by atoms with Gasteiger partial charge in [0, 0.05) is 5.02 Å². The SMILES string of the molecule is CCOc1cc(/C=N\NS(=O)(=O)c2cc(Cl)ccc2Cl)cc(Br)c1O. The van der Waals surface area contributed by atoms with Crippen molar-refractivity contribution in [3.05, 3.63) is 50.4 Å². The maximum atomic E-state index is 12.2. The van der Waals surface area contributed by atoms with Crippen LogP contribution in [0.1, 0.15) is 12.5 Å². The van der Waals surface area contributed by atoms with E-state index in [-0.39, 0.29) is 26.4 Å². The van der Waals surface area contributed by atoms with E-state index in [0.29, 0.717) is 16.6 Å². The average Bonchev–Trinajstić information content (AvgIpc) is 2.54. The highest BCUT2D eigenvalue weighted by Gasteiger charge is 2.17. The van der Waals surface area contributed by atoms with E-state index in [2.05, 4.69) is 25.9 Å². The third kappa shape index (κ3) is 5.01. The van der Waals surface area contributed by atoms with E-state index >= 15 is 0 Å². The third-order valence-electron chi connectivity index (χ3n) is 2.92. The molecule has 0 spiro atoms. The van der Waals surface area contributed by atoms with Crippen LogP contribution in [-0.2, 0) is 10.0 Å². The Hall–Kier alpha value is -1.48. The first-order valence-corrected chi connectivity index (χ1v) is 9.93. The van der Waals surface area contributed by atoms with E-state index in [1.54, 1.807) is 13.0 Å². The third-order valence-corrected chi connectivity index (χ3v) is 5.46. The Bertz CT molecular complexity index is 920. The van der Waals surface area contributed by atoms with Gasteiger partial charge < -0.3 is 9.84 Å². The number of hydrogen-bond donors (Lipinski definition) is 2. The maximum Gasteiger partial charge on any atom is 0.278 e. The van der Waals surface area contributed by atoms with Gasteiger partial charge in [0.1, 0.15) is 4.90 Å². The van der Waals surface area contributed by atoms with E-state index < -0.39 is 10.0 Å². The molecule has 2 aromatic carbocycles. The smallest absolute Gasteiger partial charge is 0.278 e. The molecule has 2 aromatic rings. The molecule has 0 aliphatic rings. The number of ether oxygens (including phenoxy) is 1. The van der Waals surface area contributed by atoms with Gasteiger partial charge in [0.15, 0.2) is 11.5 Å². The van der Waals surface area contributed by atoms with E-state index in [4.69, 9.17) is 27.9 Å². The normalized spacial score (nSPS) is 11.7. The van der Waals surface area contributed by atoms with Crippen LogP contribution < -0.4 is 9.57 Å². The molecule has 25 heavy (non-hydrogen) atoms. The summed E-state index contributed by atoms with van der Waals surface area (Å²) in [7, 11) is -3.98. The van der Waals surface area contributed by atoms with Gasteiger partial charge in [0.2, 0.25) is 0 Å². The van der Waals surface area contributed by atoms with E-state index in [1.165, 1.54) is 30.5 Å². The topological polar surface area (TPSA) is 88.0 Å². The van der Waals surface area contributed by atoms with Crippen molar-refractivity contribution in [2.45, 2.75) is 11.8 Å². The number of phenolic OH excluding ortho intramolecular Hbond substituents is 1. The summed E-state index contributed by atoms with van der Waals surface area (Å²) >= 11 is 14.9. The number of aromatic hydroxyl groups is 1. The van der Waals surface area contributed by atoms with Crippen molar-refractivity contribution in [2.24, 2.45) is 5.10 Å². The molecule has 0 amide bonds. The number of rotatable bonds is 6. The molecule has 6 nitrogen and oxygen atoms in total. The highest BCUT2D eigenvalue weighted by molar-refractivity contribution is 9.10. The zero-order chi connectivity index (χ0) is 18.6. The molecule has 134 valence electrons. The van der Waals surface area contributed by atoms with Crippen molar-refractivity contribution < 1.29 is 18.3 Å². The van der Waals surface area contributed by atoms with Gasteiger partial charge in [-0.1, -0.05) is 23.2 Å². The Balaban J connectivity index is 2.24. The van der Waals surface area contributed by atoms with Gasteiger partial charge in [-0.2, -0.15) is 13.5 Å². The van der Waals surface area contributed by atoms with Crippen LogP contribution >= 0.6 is 39.1 Å². The Labute approximate surface area is 163 Å². The second kappa shape index (κ2) is 8.27. The predicted octanol–water partition coefficient (Wildman–Crippen LogP) is 4.17. The standard InChI is InChI=1S/C15H13BrCl2N2O4S/c1-2-24-13-6-9(5-11(16)15(13)21)8-19-20-25(22,23)14-7-10(17)3-4-12(14)18/h3-8,20-21H,2H2,1H3/b19-8-. The average molecular weight is 468 g/mol. The molecule has 0 aliphatic heterocycles. The molecule has 0 saturated heterocycles. The second-order valence-electron chi connectivity index (χ2n) is 4.71. The summed E-state index contributed by atoms with van der Waals surface area (Å²) in [6.07, 6.45) is 1.27. The number of nitrogens with one attached hydrogen (secondary N) is 1. The van der Waals surface area contributed by atoms with Gasteiger partial charge in [-0.25, -0.2) is 4.83 Å². The number of hydrazone groups is 1. The van der Waals surface area contributed by atoms with Crippen LogP contribution in [0.5, 0.6) is 11.5 Å². The Morgan fingerprint density at radius 2 is 2.04 bits per heavy atom. The van der Waals surface area contributed by atoms with Crippen LogP contribution in [0.15, 0.2) is 44.8 Å². The van der Waals surface area contributed by atoms with Crippen LogP contribution in [0.4, 0.5) is 0 Å². The number of hydrogen-bond acceptors (Lipinski definition) is 5. The number of sulfonamides is 1. The first kappa shape index (κ1) is 19.8. The molecule has 2 N–H and O–H groups in total. The molecule has 0 unspecified atom stereocenters. The Morgan fingerprint density at radius 3 is 2.72 bits per heavy atom. The minimum absolute atomic E-state index is 0.0260. The summed E-state index contributed by atoms with van der Waals surface area (Å²) < 4.78 is 30.2. The molecule has 0 aromatic heterocycles. The van der Waals surface area contributed by atoms with Crippen molar-refractivity contribution >= 4 is 55.4 Å². The lowest BCUT2D eigenvalue weighted by Crippen LogP contribution is -2.18. The molecule has 0 heterocycles. The van der Waals surface area contributed by atoms with Gasteiger partial charge in [0.05, 0.1) is 22.3 Å². The number of benzene rings is 2. The molecular formula is C15H13BrCl2N2O4S. The van der Waals surface area contributed by atoms with Crippen LogP contribution in [0.25, 0.3) is 0 Å². The fourth-order valence-corrected chi connectivity index (χ4v) is 3.85. The van der Waals surface area contributed by atoms with Crippen molar-refractivity contribution in [3.63, 3.8) is 0 Å². The maximum absolute atomic E-state index is 12.2. The summed E-state index contributed by atoms with van der Waals surface area (Å²) in [4.78, 5) is 1.88. The molecular weight excluding hydrogens is 455 g/mol. The van der Waals surface area contributed by atoms with Gasteiger partial charge in [0.25, 0.3) is 10.0 Å². The largest absolute Gasteiger partial charge is 0.503 e. The first-order chi connectivity index (χ1) is 11.7. The molecule has 0 aliphatic carbocycles. The van der Waals surface area contributed by atoms with Crippen molar-refractivity contribution in [1.82, 2.24) is 4.83 Å². The zero-order valence-corrected chi connectivity index (χ0v) is 16.7. The number of halogens is 3. The minimum atomic E-state index is -3.98. The lowest BCUT2D eigenvalue weighted by Gasteiger charge is -2.08. The van der Waals surface area contributed by atoms with Crippen molar-refractivity contribution in [1.29, 1.82) is 0 Å². The fourth-order valence-electron chi connectivity index (χ4n) is 1.84. The van der Waals surface area contributed by atoms with Crippen LogP contribution in [-0.4, -0.2) is 26.3 Å². The molecule has 10 heteroatoms. The van der Waals surface area contributed by atoms with Gasteiger partial charge in [-0.15, -0.1) is 0 Å². The van der Waals surface area contributed by atoms with E-state index in [1.807, 2.05) is 0 Å². The van der Waals surface area contributed by atoms with Crippen LogP contribution in [0, 0.1) is 0 Å². The van der Waals surface area contributed by atoms with Gasteiger partial charge in [-0.3, -0.25) is 0 Å².